The van der Waals surface area contributed by atoms with Crippen molar-refractivity contribution in [3.05, 3.63) is 117 Å². The molecule has 0 aliphatic carbocycles. The van der Waals surface area contributed by atoms with E-state index in [9.17, 15) is 35.9 Å². The predicted molar refractivity (Wildman–Crippen MR) is 285 cm³/mol. The van der Waals surface area contributed by atoms with Gasteiger partial charge in [0.05, 0.1) is 29.1 Å². The normalized spacial score (nSPS) is 11.9. The molecule has 14 nitrogen and oxygen atoms in total. The van der Waals surface area contributed by atoms with Crippen molar-refractivity contribution in [3.63, 3.8) is 0 Å². The molecule has 28 heteroatoms. The zero-order valence-corrected chi connectivity index (χ0v) is 47.6. The molecule has 7 aromatic rings. The number of carboxylic acid groups (broad SMARTS) is 1. The molecule has 0 saturated heterocycles. The second kappa shape index (κ2) is 28.5. The number of carbonyl (C=O) groups excluding carboxylic acids is 3. The first-order valence-corrected chi connectivity index (χ1v) is 28.7. The van der Waals surface area contributed by atoms with E-state index < -0.39 is 47.0 Å². The second-order valence-electron chi connectivity index (χ2n) is 16.7. The lowest BCUT2D eigenvalue weighted by atomic mass is 10.0. The number of anilines is 3. The van der Waals surface area contributed by atoms with E-state index in [0.717, 1.165) is 52.7 Å². The Morgan fingerprint density at radius 1 is 0.680 bits per heavy atom. The molecule has 0 radical (unpaired) electrons. The average molecular weight is 1210 g/mol. The SMILES string of the molecule is CC(=O)[O-].CC(C)C(C)Nc1c(-c2ccccc2Cl)c(Cl)nc2c(C(=O)C(F)(F)F)cnn12.CC(C)C(C)Nc1c(-c2ccccc2Cl)c(Cl)nc2ccnn12.CN(C)c1cc[n+](C(=O)C(F)(F)F)cc1.[Cl][Al]([Cl])[Cl]. The van der Waals surface area contributed by atoms with Crippen molar-refractivity contribution in [1.82, 2.24) is 29.2 Å². The lowest BCUT2D eigenvalue weighted by Gasteiger charge is -2.22. The molecule has 2 atom stereocenters. The van der Waals surface area contributed by atoms with Gasteiger partial charge in [-0.2, -0.15) is 45.6 Å². The fraction of sp³-hybridized carbons (Fsp3) is 0.319. The standard InChI is InChI=1S/C19H17Cl2F3N4O.C17H18Cl2N4.C9H10F3N2O.C2H4O2.Al.3ClH/c1-9(2)10(3)26-18-14(11-6-4-5-7-13(11)20)16(21)27-17-12(8-25-28(17)18)15(29)19(22,23)24;1-10(2)11(3)21-17-15(12-6-4-5-7-13(12)18)16(19)22-14-8-9-20-23(14)17;1-13(2)7-3-5-14(6-4-7)8(15)9(10,11)12;1-2(3)4;;;;/h4-10,26H,1-3H3;4-11,21H,1-3H3;3-6H,1-2H3;1H3,(H,3,4);;3*1H/q;;+1;;+3;;;/p-4. The minimum Gasteiger partial charge on any atom is -0.550 e. The molecule has 0 saturated carbocycles. The van der Waals surface area contributed by atoms with Crippen molar-refractivity contribution in [2.45, 2.75) is 72.9 Å². The number of carboxylic acids is 1. The van der Waals surface area contributed by atoms with Gasteiger partial charge >= 0.3 is 29.6 Å². The molecule has 2 unspecified atom stereocenters. The number of ketones is 1. The number of rotatable bonds is 10. The van der Waals surface area contributed by atoms with Crippen LogP contribution >= 0.6 is 76.6 Å². The lowest BCUT2D eigenvalue weighted by Crippen LogP contribution is -2.50. The topological polar surface area (TPSA) is 166 Å². The first kappa shape index (κ1) is 64.5. The van der Waals surface area contributed by atoms with E-state index >= 15 is 0 Å². The Labute approximate surface area is 464 Å². The highest BCUT2D eigenvalue weighted by molar-refractivity contribution is 7.54. The molecule has 0 fully saturated rings. The number of halogens is 13. The van der Waals surface area contributed by atoms with Gasteiger partial charge in [-0.1, -0.05) is 110 Å². The minimum absolute atomic E-state index is 0.0936. The van der Waals surface area contributed by atoms with Gasteiger partial charge in [-0.25, -0.2) is 44.9 Å². The van der Waals surface area contributed by atoms with E-state index in [0.29, 0.717) is 48.3 Å². The summed E-state index contributed by atoms with van der Waals surface area (Å²) >= 11 is 23.8. The van der Waals surface area contributed by atoms with Crippen molar-refractivity contribution in [2.24, 2.45) is 11.8 Å². The van der Waals surface area contributed by atoms with Gasteiger partial charge in [-0.3, -0.25) is 4.79 Å². The summed E-state index contributed by atoms with van der Waals surface area (Å²) in [6.07, 6.45) is -5.17. The Morgan fingerprint density at radius 2 is 1.11 bits per heavy atom. The third-order valence-corrected chi connectivity index (χ3v) is 11.6. The number of hydrogen-bond acceptors (Lipinski definition) is 11. The summed E-state index contributed by atoms with van der Waals surface area (Å²) in [5.74, 6) is -3.28. The van der Waals surface area contributed by atoms with Gasteiger partial charge in [0.1, 0.15) is 21.9 Å². The maximum atomic E-state index is 13.0. The van der Waals surface area contributed by atoms with E-state index in [1.165, 1.54) is 12.1 Å². The Balaban J connectivity index is 0.000000287. The predicted octanol–water partition coefficient (Wildman–Crippen LogP) is 12.8. The smallest absolute Gasteiger partial charge is 0.550 e. The second-order valence-corrected chi connectivity index (χ2v) is 24.7. The van der Waals surface area contributed by atoms with Crippen LogP contribution in [-0.4, -0.2) is 96.8 Å². The van der Waals surface area contributed by atoms with Crippen molar-refractivity contribution in [3.8, 4) is 22.3 Å². The van der Waals surface area contributed by atoms with E-state index in [1.807, 2.05) is 51.1 Å². The first-order valence-electron chi connectivity index (χ1n) is 21.9. The van der Waals surface area contributed by atoms with Crippen LogP contribution < -0.4 is 25.2 Å². The van der Waals surface area contributed by atoms with Crippen LogP contribution in [0, 0.1) is 11.8 Å². The highest BCUT2D eigenvalue weighted by Gasteiger charge is 2.47. The molecule has 0 aliphatic rings. The summed E-state index contributed by atoms with van der Waals surface area (Å²) in [5, 5.41) is 25.3. The molecular formula is C47H48AlCl7F6N10O4. The van der Waals surface area contributed by atoms with Gasteiger partial charge in [-0.05, 0) is 44.7 Å². The molecule has 5 aromatic heterocycles. The number of hydrogen-bond donors (Lipinski definition) is 2. The largest absolute Gasteiger partial charge is 0.643 e. The Kier molecular flexibility index (Phi) is 24.5. The molecule has 0 spiro atoms. The fourth-order valence-corrected chi connectivity index (χ4v) is 7.04. The number of benzene rings is 2. The van der Waals surface area contributed by atoms with Crippen LogP contribution in [-0.2, 0) is 4.79 Å². The van der Waals surface area contributed by atoms with Gasteiger partial charge in [0.2, 0.25) is 0 Å². The molecule has 0 amide bonds. The number of aliphatic carboxylic acids is 1. The summed E-state index contributed by atoms with van der Waals surface area (Å²) in [5.41, 5.74) is 2.98. The van der Waals surface area contributed by atoms with Gasteiger partial charge in [-0.15, -0.1) is 4.57 Å². The average Bonchev–Trinajstić information content (AvgIpc) is 3.96. The molecule has 2 aromatic carbocycles. The van der Waals surface area contributed by atoms with E-state index in [4.69, 9.17) is 86.5 Å². The van der Waals surface area contributed by atoms with E-state index in [1.54, 1.807) is 54.0 Å². The maximum absolute atomic E-state index is 13.0. The number of carbonyl (C=O) groups is 3. The molecular weight excluding hydrogens is 1160 g/mol. The first-order chi connectivity index (χ1) is 34.8. The van der Waals surface area contributed by atoms with Crippen molar-refractivity contribution in [2.75, 3.05) is 29.6 Å². The van der Waals surface area contributed by atoms with Crippen LogP contribution in [0.25, 0.3) is 33.5 Å². The van der Waals surface area contributed by atoms with Crippen molar-refractivity contribution < 1.29 is 50.4 Å². The molecule has 2 N–H and O–H groups in total. The number of fused-ring (bicyclic) bond motifs is 2. The highest BCUT2D eigenvalue weighted by atomic mass is 35.8. The Morgan fingerprint density at radius 3 is 1.51 bits per heavy atom. The van der Waals surface area contributed by atoms with Crippen molar-refractivity contribution in [1.29, 1.82) is 0 Å². The van der Waals surface area contributed by atoms with Gasteiger partial charge < -0.3 is 25.4 Å². The summed E-state index contributed by atoms with van der Waals surface area (Å²) in [6.45, 7) is 13.3. The molecule has 0 bridgehead atoms. The van der Waals surface area contributed by atoms with Crippen LogP contribution in [0.1, 0.15) is 63.6 Å². The van der Waals surface area contributed by atoms with Gasteiger partial charge in [0, 0.05) is 77.2 Å². The number of alkyl halides is 6. The Bertz CT molecular complexity index is 3050. The molecule has 75 heavy (non-hydrogen) atoms. The minimum atomic E-state index is -5.06. The zero-order valence-electron chi connectivity index (χ0n) is 41.2. The van der Waals surface area contributed by atoms with Crippen LogP contribution in [0.15, 0.2) is 91.5 Å². The number of pyridine rings is 1. The quantitative estimate of drug-likeness (QED) is 0.0440. The lowest BCUT2D eigenvalue weighted by molar-refractivity contribution is -0.586. The molecule has 5 heterocycles. The highest BCUT2D eigenvalue weighted by Crippen LogP contribution is 2.41. The molecule has 0 aliphatic heterocycles. The summed E-state index contributed by atoms with van der Waals surface area (Å²) in [7, 11) is 18.3. The van der Waals surface area contributed by atoms with Crippen LogP contribution in [0.3, 0.4) is 0 Å². The van der Waals surface area contributed by atoms with Crippen molar-refractivity contribution >= 4 is 134 Å². The third-order valence-electron chi connectivity index (χ3n) is 10.4. The number of Topliss-reactive ketones (excluding diaryl/α,β-unsaturated/α-hetero) is 1. The van der Waals surface area contributed by atoms with Crippen LogP contribution in [0.2, 0.25) is 20.4 Å². The number of nitrogens with one attached hydrogen (secondary N) is 2. The monoisotopic (exact) mass is 1200 g/mol. The van der Waals surface area contributed by atoms with Gasteiger partial charge in [0.15, 0.2) is 23.7 Å². The van der Waals surface area contributed by atoms with E-state index in [2.05, 4.69) is 51.6 Å². The van der Waals surface area contributed by atoms with E-state index in [-0.39, 0.29) is 28.8 Å². The Hall–Kier alpha value is -4.82. The van der Waals surface area contributed by atoms with Crippen LogP contribution in [0.4, 0.5) is 43.7 Å². The zero-order chi connectivity index (χ0) is 56.9. The summed E-state index contributed by atoms with van der Waals surface area (Å²) in [4.78, 5) is 41.7. The summed E-state index contributed by atoms with van der Waals surface area (Å²) in [6, 6.07) is 19.3. The van der Waals surface area contributed by atoms with Gasteiger partial charge in [0.25, 0.3) is 5.78 Å². The summed E-state index contributed by atoms with van der Waals surface area (Å²) < 4.78 is 78.4. The van der Waals surface area contributed by atoms with Crippen LogP contribution in [0.5, 0.6) is 0 Å². The third kappa shape index (κ3) is 18.4. The maximum Gasteiger partial charge on any atom is 0.643 e. The fourth-order valence-electron chi connectivity index (χ4n) is 6.03. The number of aromatic nitrogens is 7. The molecule has 7 rings (SSSR count). The number of nitrogens with zero attached hydrogens (tertiary/aromatic N) is 8. The molecule has 404 valence electrons.